The molecule has 5 rings (SSSR count). The van der Waals surface area contributed by atoms with E-state index < -0.39 is 6.09 Å². The third kappa shape index (κ3) is 8.95. The molecule has 0 saturated carbocycles. The van der Waals surface area contributed by atoms with Crippen molar-refractivity contribution in [1.29, 1.82) is 0 Å². The highest BCUT2D eigenvalue weighted by atomic mass is 16.5. The number of nitrogens with two attached hydrogens (primary N) is 1. The monoisotopic (exact) mass is 712 g/mol. The Morgan fingerprint density at radius 1 is 0.827 bits per heavy atom. The van der Waals surface area contributed by atoms with Crippen molar-refractivity contribution in [2.24, 2.45) is 5.73 Å². The number of benzene rings is 3. The first-order valence-corrected chi connectivity index (χ1v) is 17.3. The molecule has 0 bridgehead atoms. The summed E-state index contributed by atoms with van der Waals surface area (Å²) >= 11 is 0. The molecular weight excluding hydrogens is 664 g/mol. The largest absolute Gasteiger partial charge is 0.497 e. The van der Waals surface area contributed by atoms with Crippen LogP contribution in [0.5, 0.6) is 28.9 Å². The Balaban J connectivity index is 1.68. The molecule has 0 radical (unpaired) electrons. The van der Waals surface area contributed by atoms with E-state index in [1.165, 1.54) is 0 Å². The van der Waals surface area contributed by atoms with E-state index in [2.05, 4.69) is 16.4 Å². The quantitative estimate of drug-likeness (QED) is 0.102. The summed E-state index contributed by atoms with van der Waals surface area (Å²) in [6.45, 7) is 7.50. The first-order chi connectivity index (χ1) is 25.2. The molecule has 13 nitrogen and oxygen atoms in total. The van der Waals surface area contributed by atoms with Gasteiger partial charge in [-0.05, 0) is 55.7 Å². The molecule has 0 saturated heterocycles. The molecule has 0 spiro atoms. The van der Waals surface area contributed by atoms with Crippen LogP contribution in [0.15, 0.2) is 60.7 Å². The molecular formula is C39H48N6O7. The van der Waals surface area contributed by atoms with Crippen LogP contribution in [0.1, 0.15) is 61.7 Å². The molecule has 0 fully saturated rings. The number of hydrogen-bond donors (Lipinski definition) is 1. The summed E-state index contributed by atoms with van der Waals surface area (Å²) in [4.78, 5) is 18.6. The van der Waals surface area contributed by atoms with Gasteiger partial charge in [-0.15, -0.1) is 10.2 Å². The van der Waals surface area contributed by atoms with Crippen molar-refractivity contribution < 1.29 is 33.2 Å². The first-order valence-electron chi connectivity index (χ1n) is 17.3. The lowest BCUT2D eigenvalue weighted by atomic mass is 10.1. The molecule has 0 aliphatic carbocycles. The van der Waals surface area contributed by atoms with E-state index in [9.17, 15) is 4.79 Å². The van der Waals surface area contributed by atoms with E-state index in [1.807, 2.05) is 74.5 Å². The SMILES string of the molecule is CCCCc1nc2c(N(Cc3ccc(OC)cc3OC)Cc3ccc(OC)cc3OC)nnc(OC(C)C)c2n1Cc1ccc(COC(N)=O)cc1. The fourth-order valence-electron chi connectivity index (χ4n) is 5.93. The minimum absolute atomic E-state index is 0.102. The molecule has 3 aromatic carbocycles. The lowest BCUT2D eigenvalue weighted by molar-refractivity contribution is 0.150. The maximum absolute atomic E-state index is 11.1. The summed E-state index contributed by atoms with van der Waals surface area (Å²) in [5.74, 6) is 4.61. The predicted molar refractivity (Wildman–Crippen MR) is 199 cm³/mol. The number of nitrogens with zero attached hydrogens (tertiary/aromatic N) is 5. The molecule has 1 amide bonds. The van der Waals surface area contributed by atoms with Crippen molar-refractivity contribution in [3.05, 3.63) is 88.7 Å². The normalized spacial score (nSPS) is 11.1. The Morgan fingerprint density at radius 3 is 1.94 bits per heavy atom. The molecule has 276 valence electrons. The number of rotatable bonds is 18. The number of aromatic nitrogens is 4. The van der Waals surface area contributed by atoms with Gasteiger partial charge < -0.3 is 43.6 Å². The molecule has 5 aromatic rings. The van der Waals surface area contributed by atoms with Crippen LogP contribution in [0.4, 0.5) is 10.6 Å². The smallest absolute Gasteiger partial charge is 0.404 e. The van der Waals surface area contributed by atoms with E-state index in [0.717, 1.165) is 52.9 Å². The molecule has 2 heterocycles. The number of fused-ring (bicyclic) bond motifs is 1. The van der Waals surface area contributed by atoms with Crippen molar-refractivity contribution in [2.75, 3.05) is 33.3 Å². The van der Waals surface area contributed by atoms with Gasteiger partial charge in [0.05, 0.1) is 34.5 Å². The molecule has 13 heteroatoms. The molecule has 0 aliphatic rings. The number of anilines is 1. The number of amides is 1. The summed E-state index contributed by atoms with van der Waals surface area (Å²) in [6.07, 6.45) is 1.72. The van der Waals surface area contributed by atoms with E-state index in [1.54, 1.807) is 28.4 Å². The van der Waals surface area contributed by atoms with Gasteiger partial charge in [-0.2, -0.15) is 0 Å². The van der Waals surface area contributed by atoms with Crippen LogP contribution in [-0.2, 0) is 37.4 Å². The van der Waals surface area contributed by atoms with E-state index >= 15 is 0 Å². The Labute approximate surface area is 304 Å². The van der Waals surface area contributed by atoms with Crippen LogP contribution in [0.25, 0.3) is 11.0 Å². The van der Waals surface area contributed by atoms with Gasteiger partial charge in [-0.3, -0.25) is 0 Å². The van der Waals surface area contributed by atoms with Crippen molar-refractivity contribution in [1.82, 2.24) is 19.7 Å². The highest BCUT2D eigenvalue weighted by Crippen LogP contribution is 2.36. The second-order valence-corrected chi connectivity index (χ2v) is 12.5. The number of carbonyl (C=O) groups is 1. The number of methoxy groups -OCH3 is 4. The van der Waals surface area contributed by atoms with Crippen LogP contribution >= 0.6 is 0 Å². The maximum atomic E-state index is 11.1. The second kappa shape index (κ2) is 17.5. The van der Waals surface area contributed by atoms with Gasteiger partial charge in [0.25, 0.3) is 5.88 Å². The summed E-state index contributed by atoms with van der Waals surface area (Å²) in [6, 6.07) is 19.4. The minimum Gasteiger partial charge on any atom is -0.497 e. The second-order valence-electron chi connectivity index (χ2n) is 12.5. The Bertz CT molecular complexity index is 1900. The average molecular weight is 713 g/mol. The van der Waals surface area contributed by atoms with Gasteiger partial charge in [0.2, 0.25) is 0 Å². The predicted octanol–water partition coefficient (Wildman–Crippen LogP) is 6.84. The molecule has 2 N–H and O–H groups in total. The summed E-state index contributed by atoms with van der Waals surface area (Å²) < 4.78 is 36.1. The molecule has 52 heavy (non-hydrogen) atoms. The van der Waals surface area contributed by atoms with E-state index in [-0.39, 0.29) is 12.7 Å². The van der Waals surface area contributed by atoms with Crippen LogP contribution in [0.3, 0.4) is 0 Å². The standard InChI is InChI=1S/C39H48N6O7/c1-8-9-10-34-41-35-36(45(34)21-26-11-13-27(14-12-26)24-51-39(40)46)38(52-25(2)3)43-42-37(35)44(22-28-15-17-30(47-4)19-32(28)49-6)23-29-16-18-31(48-5)20-33(29)50-7/h11-20,25H,8-10,21-24H2,1-7H3,(H2,40,46). The lowest BCUT2D eigenvalue weighted by Gasteiger charge is -2.26. The molecule has 2 aromatic heterocycles. The maximum Gasteiger partial charge on any atom is 0.404 e. The molecule has 0 aliphatic heterocycles. The van der Waals surface area contributed by atoms with Crippen LogP contribution < -0.4 is 34.3 Å². The third-order valence-electron chi connectivity index (χ3n) is 8.55. The van der Waals surface area contributed by atoms with Crippen LogP contribution in [0.2, 0.25) is 0 Å². The first kappa shape index (κ1) is 37.5. The van der Waals surface area contributed by atoms with Crippen molar-refractivity contribution in [3.8, 4) is 28.9 Å². The Hall–Kier alpha value is -5.72. The zero-order valence-electron chi connectivity index (χ0n) is 31.0. The summed E-state index contributed by atoms with van der Waals surface area (Å²) in [5.41, 5.74) is 10.3. The fraction of sp³-hybridized carbons (Fsp3) is 0.385. The number of unbranched alkanes of at least 4 members (excludes halogenated alkanes) is 1. The van der Waals surface area contributed by atoms with E-state index in [0.29, 0.717) is 59.8 Å². The Morgan fingerprint density at radius 2 is 1.42 bits per heavy atom. The highest BCUT2D eigenvalue weighted by Gasteiger charge is 2.26. The number of carbonyl (C=O) groups excluding carboxylic acids is 1. The van der Waals surface area contributed by atoms with Gasteiger partial charge in [0, 0.05) is 49.3 Å². The van der Waals surface area contributed by atoms with Gasteiger partial charge in [-0.1, -0.05) is 37.6 Å². The fourth-order valence-corrected chi connectivity index (χ4v) is 5.93. The number of aryl methyl sites for hydroxylation is 1. The highest BCUT2D eigenvalue weighted by molar-refractivity contribution is 5.90. The number of primary amides is 1. The van der Waals surface area contributed by atoms with Gasteiger partial charge in [0.15, 0.2) is 5.82 Å². The molecule has 0 atom stereocenters. The van der Waals surface area contributed by atoms with Crippen LogP contribution in [-0.4, -0.2) is 60.4 Å². The number of hydrogen-bond acceptors (Lipinski definition) is 11. The van der Waals surface area contributed by atoms with Gasteiger partial charge in [-0.25, -0.2) is 9.78 Å². The number of imidazole rings is 1. The third-order valence-corrected chi connectivity index (χ3v) is 8.55. The minimum atomic E-state index is -0.811. The lowest BCUT2D eigenvalue weighted by Crippen LogP contribution is -2.25. The zero-order valence-corrected chi connectivity index (χ0v) is 31.0. The van der Waals surface area contributed by atoms with Crippen molar-refractivity contribution in [3.63, 3.8) is 0 Å². The van der Waals surface area contributed by atoms with E-state index in [4.69, 9.17) is 49.3 Å². The van der Waals surface area contributed by atoms with Gasteiger partial charge >= 0.3 is 6.09 Å². The van der Waals surface area contributed by atoms with Crippen molar-refractivity contribution in [2.45, 2.75) is 72.4 Å². The van der Waals surface area contributed by atoms with Crippen molar-refractivity contribution >= 4 is 22.9 Å². The number of ether oxygens (including phenoxy) is 6. The summed E-state index contributed by atoms with van der Waals surface area (Å²) in [7, 11) is 6.54. The Kier molecular flexibility index (Phi) is 12.6. The van der Waals surface area contributed by atoms with Crippen LogP contribution in [0, 0.1) is 0 Å². The average Bonchev–Trinajstić information content (AvgIpc) is 3.51. The summed E-state index contributed by atoms with van der Waals surface area (Å²) in [5, 5.41) is 9.52. The zero-order chi connectivity index (χ0) is 37.2. The molecule has 0 unspecified atom stereocenters. The van der Waals surface area contributed by atoms with Gasteiger partial charge in [0.1, 0.15) is 46.5 Å². The topological polar surface area (TPSA) is 145 Å².